The van der Waals surface area contributed by atoms with Crippen LogP contribution in [0.2, 0.25) is 0 Å². The number of hydrogen-bond donors (Lipinski definition) is 1. The summed E-state index contributed by atoms with van der Waals surface area (Å²) in [6.45, 7) is 0.324. The SMILES string of the molecule is NCCc1ccc(-n2ccc(C3CC3)n2)c(C(F)(F)F)c1. The summed E-state index contributed by atoms with van der Waals surface area (Å²) in [5.74, 6) is 0.414. The van der Waals surface area contributed by atoms with Gasteiger partial charge in [-0.1, -0.05) is 6.07 Å². The molecule has 0 unspecified atom stereocenters. The van der Waals surface area contributed by atoms with Gasteiger partial charge in [0.15, 0.2) is 0 Å². The average molecular weight is 295 g/mol. The lowest BCUT2D eigenvalue weighted by molar-refractivity contribution is -0.137. The molecule has 3 nitrogen and oxygen atoms in total. The predicted octanol–water partition coefficient (Wildman–Crippen LogP) is 3.27. The smallest absolute Gasteiger partial charge is 0.330 e. The molecule has 0 amide bonds. The average Bonchev–Trinajstić information content (AvgIpc) is 3.16. The molecule has 1 heterocycles. The molecular formula is C15H16F3N3. The van der Waals surface area contributed by atoms with E-state index < -0.39 is 11.7 Å². The van der Waals surface area contributed by atoms with Crippen LogP contribution in [-0.4, -0.2) is 16.3 Å². The largest absolute Gasteiger partial charge is 0.418 e. The minimum Gasteiger partial charge on any atom is -0.330 e. The number of nitrogens with two attached hydrogens (primary N) is 1. The second-order valence-electron chi connectivity index (χ2n) is 5.35. The van der Waals surface area contributed by atoms with Crippen LogP contribution in [0.25, 0.3) is 5.69 Å². The Bertz CT molecular complexity index is 642. The molecule has 3 rings (SSSR count). The molecule has 1 aliphatic carbocycles. The number of hydrogen-bond acceptors (Lipinski definition) is 2. The zero-order valence-corrected chi connectivity index (χ0v) is 11.4. The molecule has 0 atom stereocenters. The maximum atomic E-state index is 13.3. The third-order valence-corrected chi connectivity index (χ3v) is 3.65. The van der Waals surface area contributed by atoms with E-state index in [9.17, 15) is 13.2 Å². The third kappa shape index (κ3) is 2.95. The summed E-state index contributed by atoms with van der Waals surface area (Å²) in [6, 6.07) is 6.11. The van der Waals surface area contributed by atoms with Gasteiger partial charge in [-0.3, -0.25) is 0 Å². The van der Waals surface area contributed by atoms with Crippen LogP contribution in [0.4, 0.5) is 13.2 Å². The van der Waals surface area contributed by atoms with Gasteiger partial charge in [-0.25, -0.2) is 4.68 Å². The van der Waals surface area contributed by atoms with Crippen molar-refractivity contribution in [2.24, 2.45) is 5.73 Å². The van der Waals surface area contributed by atoms with Gasteiger partial charge < -0.3 is 5.73 Å². The van der Waals surface area contributed by atoms with E-state index in [-0.39, 0.29) is 5.69 Å². The molecule has 6 heteroatoms. The van der Waals surface area contributed by atoms with Crippen LogP contribution in [0.5, 0.6) is 0 Å². The summed E-state index contributed by atoms with van der Waals surface area (Å²) >= 11 is 0. The number of nitrogens with zero attached hydrogens (tertiary/aromatic N) is 2. The van der Waals surface area contributed by atoms with Gasteiger partial charge in [-0.2, -0.15) is 18.3 Å². The highest BCUT2D eigenvalue weighted by Crippen LogP contribution is 2.40. The van der Waals surface area contributed by atoms with E-state index in [2.05, 4.69) is 5.10 Å². The van der Waals surface area contributed by atoms with Crippen LogP contribution in [0.3, 0.4) is 0 Å². The van der Waals surface area contributed by atoms with E-state index in [0.29, 0.717) is 24.4 Å². The van der Waals surface area contributed by atoms with Gasteiger partial charge in [-0.15, -0.1) is 0 Å². The first-order chi connectivity index (χ1) is 9.99. The molecule has 1 saturated carbocycles. The number of aromatic nitrogens is 2. The fourth-order valence-corrected chi connectivity index (χ4v) is 2.40. The second-order valence-corrected chi connectivity index (χ2v) is 5.35. The molecule has 2 N–H and O–H groups in total. The second kappa shape index (κ2) is 5.18. The monoisotopic (exact) mass is 295 g/mol. The molecule has 0 bridgehead atoms. The van der Waals surface area contributed by atoms with Gasteiger partial charge in [0.1, 0.15) is 0 Å². The predicted molar refractivity (Wildman–Crippen MR) is 73.3 cm³/mol. The summed E-state index contributed by atoms with van der Waals surface area (Å²) in [6.07, 6.45) is -0.251. The van der Waals surface area contributed by atoms with E-state index in [1.165, 1.54) is 16.8 Å². The fraction of sp³-hybridized carbons (Fsp3) is 0.400. The Morgan fingerprint density at radius 1 is 1.24 bits per heavy atom. The molecule has 1 aliphatic rings. The van der Waals surface area contributed by atoms with Crippen molar-refractivity contribution >= 4 is 0 Å². The molecule has 0 aliphatic heterocycles. The van der Waals surface area contributed by atoms with Crippen molar-refractivity contribution in [3.8, 4) is 5.69 Å². The van der Waals surface area contributed by atoms with Crippen LogP contribution in [0.1, 0.15) is 35.6 Å². The summed E-state index contributed by atoms with van der Waals surface area (Å²) in [4.78, 5) is 0. The van der Waals surface area contributed by atoms with Crippen molar-refractivity contribution in [1.82, 2.24) is 9.78 Å². The first-order valence-corrected chi connectivity index (χ1v) is 6.95. The quantitative estimate of drug-likeness (QED) is 0.940. The highest BCUT2D eigenvalue weighted by Gasteiger charge is 2.35. The Hall–Kier alpha value is -1.82. The maximum Gasteiger partial charge on any atom is 0.418 e. The Morgan fingerprint density at radius 3 is 2.62 bits per heavy atom. The Kier molecular flexibility index (Phi) is 3.49. The van der Waals surface area contributed by atoms with Crippen molar-refractivity contribution in [2.75, 3.05) is 6.54 Å². The van der Waals surface area contributed by atoms with Gasteiger partial charge in [0.05, 0.1) is 16.9 Å². The van der Waals surface area contributed by atoms with Gasteiger partial charge in [-0.05, 0) is 49.6 Å². The van der Waals surface area contributed by atoms with Crippen molar-refractivity contribution < 1.29 is 13.2 Å². The summed E-state index contributed by atoms with van der Waals surface area (Å²) in [5.41, 5.74) is 6.27. The Balaban J connectivity index is 2.02. The van der Waals surface area contributed by atoms with Crippen molar-refractivity contribution in [3.05, 3.63) is 47.3 Å². The van der Waals surface area contributed by atoms with Crippen molar-refractivity contribution in [1.29, 1.82) is 0 Å². The first kappa shape index (κ1) is 14.1. The Morgan fingerprint density at radius 2 is 2.00 bits per heavy atom. The summed E-state index contributed by atoms with van der Waals surface area (Å²) in [5, 5.41) is 4.28. The number of halogens is 3. The van der Waals surface area contributed by atoms with Crippen LogP contribution in [0.15, 0.2) is 30.5 Å². The molecule has 0 radical (unpaired) electrons. The standard InChI is InChI=1S/C15H16F3N3/c16-15(17,18)12-9-10(5-7-19)1-4-14(12)21-8-6-13(20-21)11-2-3-11/h1,4,6,8-9,11H,2-3,5,7,19H2. The highest BCUT2D eigenvalue weighted by atomic mass is 19.4. The van der Waals surface area contributed by atoms with Crippen molar-refractivity contribution in [3.63, 3.8) is 0 Å². The van der Waals surface area contributed by atoms with Crippen LogP contribution < -0.4 is 5.73 Å². The fourth-order valence-electron chi connectivity index (χ4n) is 2.40. The Labute approximate surface area is 120 Å². The third-order valence-electron chi connectivity index (χ3n) is 3.65. The van der Waals surface area contributed by atoms with E-state index in [1.807, 2.05) is 0 Å². The van der Waals surface area contributed by atoms with E-state index in [0.717, 1.165) is 18.5 Å². The van der Waals surface area contributed by atoms with Gasteiger partial charge >= 0.3 is 6.18 Å². The lowest BCUT2D eigenvalue weighted by Crippen LogP contribution is -2.13. The van der Waals surface area contributed by atoms with E-state index in [4.69, 9.17) is 5.73 Å². The zero-order chi connectivity index (χ0) is 15.0. The molecule has 112 valence electrons. The minimum absolute atomic E-state index is 0.0650. The van der Waals surface area contributed by atoms with Crippen LogP contribution in [-0.2, 0) is 12.6 Å². The van der Waals surface area contributed by atoms with Gasteiger partial charge in [0.2, 0.25) is 0 Å². The van der Waals surface area contributed by atoms with E-state index >= 15 is 0 Å². The first-order valence-electron chi connectivity index (χ1n) is 6.95. The molecule has 1 aromatic carbocycles. The molecule has 2 aromatic rings. The maximum absolute atomic E-state index is 13.3. The molecule has 0 spiro atoms. The molecule has 21 heavy (non-hydrogen) atoms. The summed E-state index contributed by atoms with van der Waals surface area (Å²) in [7, 11) is 0. The van der Waals surface area contributed by atoms with E-state index in [1.54, 1.807) is 18.3 Å². The summed E-state index contributed by atoms with van der Waals surface area (Å²) < 4.78 is 41.1. The normalized spacial score (nSPS) is 15.4. The van der Waals surface area contributed by atoms with Crippen LogP contribution >= 0.6 is 0 Å². The number of rotatable bonds is 4. The lowest BCUT2D eigenvalue weighted by atomic mass is 10.1. The van der Waals surface area contributed by atoms with Crippen molar-refractivity contribution in [2.45, 2.75) is 31.4 Å². The lowest BCUT2D eigenvalue weighted by Gasteiger charge is -2.14. The number of benzene rings is 1. The van der Waals surface area contributed by atoms with Crippen LogP contribution in [0, 0.1) is 0 Å². The topological polar surface area (TPSA) is 43.8 Å². The molecular weight excluding hydrogens is 279 g/mol. The van der Waals surface area contributed by atoms with Gasteiger partial charge in [0, 0.05) is 12.1 Å². The molecule has 0 saturated heterocycles. The highest BCUT2D eigenvalue weighted by molar-refractivity contribution is 5.45. The molecule has 1 fully saturated rings. The minimum atomic E-state index is -4.41. The zero-order valence-electron chi connectivity index (χ0n) is 11.4. The molecule has 1 aromatic heterocycles. The number of alkyl halides is 3. The van der Waals surface area contributed by atoms with Gasteiger partial charge in [0.25, 0.3) is 0 Å².